The Balaban J connectivity index is 1.44. The number of carbonyl (C=O) groups excluding carboxylic acids is 4. The fraction of sp³-hybridized carbons (Fsp3) is 0.333. The third-order valence-corrected chi connectivity index (χ3v) is 6.36. The summed E-state index contributed by atoms with van der Waals surface area (Å²) in [5, 5.41) is 2.79. The zero-order chi connectivity index (χ0) is 20.6. The Morgan fingerprint density at radius 3 is 2.76 bits per heavy atom. The molecule has 1 aliphatic heterocycles. The number of benzene rings is 1. The molecule has 1 aromatic carbocycles. The van der Waals surface area contributed by atoms with Crippen molar-refractivity contribution in [2.75, 3.05) is 13.2 Å². The first-order valence-electron chi connectivity index (χ1n) is 9.38. The van der Waals surface area contributed by atoms with E-state index in [4.69, 9.17) is 4.74 Å². The van der Waals surface area contributed by atoms with Gasteiger partial charge in [-0.1, -0.05) is 24.3 Å². The van der Waals surface area contributed by atoms with E-state index < -0.39 is 36.6 Å². The van der Waals surface area contributed by atoms with Crippen LogP contribution in [0.5, 0.6) is 0 Å². The Hall–Kier alpha value is -3.00. The van der Waals surface area contributed by atoms with E-state index in [2.05, 4.69) is 5.32 Å². The first-order chi connectivity index (χ1) is 13.9. The Bertz CT molecular complexity index is 1010. The van der Waals surface area contributed by atoms with Crippen molar-refractivity contribution in [1.29, 1.82) is 0 Å². The molecule has 2 aromatic rings. The molecule has 0 unspecified atom stereocenters. The predicted octanol–water partition coefficient (Wildman–Crippen LogP) is 2.57. The van der Waals surface area contributed by atoms with Crippen LogP contribution in [0.4, 0.5) is 4.79 Å². The van der Waals surface area contributed by atoms with Crippen LogP contribution in [-0.2, 0) is 26.3 Å². The van der Waals surface area contributed by atoms with E-state index in [-0.39, 0.29) is 5.78 Å². The molecule has 4 rings (SSSR count). The van der Waals surface area contributed by atoms with Crippen molar-refractivity contribution >= 4 is 35.0 Å². The number of amides is 3. The second-order valence-electron chi connectivity index (χ2n) is 7.23. The molecule has 1 atom stereocenters. The monoisotopic (exact) mass is 412 g/mol. The number of imide groups is 1. The molecule has 1 N–H and O–H groups in total. The highest BCUT2D eigenvalue weighted by Crippen LogP contribution is 2.39. The van der Waals surface area contributed by atoms with E-state index in [1.54, 1.807) is 6.07 Å². The average Bonchev–Trinajstić information content (AvgIpc) is 3.24. The quantitative estimate of drug-likeness (QED) is 0.463. The van der Waals surface area contributed by atoms with Gasteiger partial charge in [-0.15, -0.1) is 11.3 Å². The van der Waals surface area contributed by atoms with Crippen molar-refractivity contribution in [2.24, 2.45) is 0 Å². The summed E-state index contributed by atoms with van der Waals surface area (Å²) >= 11 is 1.32. The van der Waals surface area contributed by atoms with E-state index in [9.17, 15) is 19.2 Å². The molecule has 29 heavy (non-hydrogen) atoms. The Morgan fingerprint density at radius 1 is 1.21 bits per heavy atom. The molecule has 7 nitrogen and oxygen atoms in total. The van der Waals surface area contributed by atoms with E-state index in [1.165, 1.54) is 11.3 Å². The molecule has 1 fully saturated rings. The number of hydrogen-bond acceptors (Lipinski definition) is 6. The Kier molecular flexibility index (Phi) is 4.96. The number of ether oxygens (including phenoxy) is 1. The standard InChI is InChI=1S/C21H20N2O5S/c1-13-8-9-17(29-13)16(24)12-28-18(25)11-23-19(26)21(22-20(23)27)10-4-6-14-5-2-3-7-15(14)21/h2-3,5,7-9H,4,6,10-12H2,1H3,(H,22,27)/t21-/m1/s1. The second-order valence-corrected chi connectivity index (χ2v) is 8.52. The van der Waals surface area contributed by atoms with E-state index in [1.807, 2.05) is 37.3 Å². The van der Waals surface area contributed by atoms with Crippen LogP contribution in [0.15, 0.2) is 36.4 Å². The first-order valence-corrected chi connectivity index (χ1v) is 10.2. The summed E-state index contributed by atoms with van der Waals surface area (Å²) in [6.45, 7) is 0.937. The molecule has 1 aromatic heterocycles. The third kappa shape index (κ3) is 3.44. The molecule has 0 bridgehead atoms. The lowest BCUT2D eigenvalue weighted by atomic mass is 9.76. The van der Waals surface area contributed by atoms with Crippen LogP contribution in [0, 0.1) is 6.92 Å². The number of rotatable bonds is 5. The first kappa shape index (κ1) is 19.3. The Morgan fingerprint density at radius 2 is 2.00 bits per heavy atom. The van der Waals surface area contributed by atoms with Crippen LogP contribution in [0.3, 0.4) is 0 Å². The molecule has 1 aliphatic carbocycles. The van der Waals surface area contributed by atoms with Crippen LogP contribution < -0.4 is 5.32 Å². The molecule has 150 valence electrons. The minimum absolute atomic E-state index is 0.314. The number of thiophene rings is 1. The van der Waals surface area contributed by atoms with Crippen molar-refractivity contribution in [3.63, 3.8) is 0 Å². The van der Waals surface area contributed by atoms with Crippen LogP contribution in [0.1, 0.15) is 38.5 Å². The molecule has 1 saturated heterocycles. The van der Waals surface area contributed by atoms with Gasteiger partial charge < -0.3 is 10.1 Å². The maximum absolute atomic E-state index is 13.1. The number of nitrogens with one attached hydrogen (secondary N) is 1. The van der Waals surface area contributed by atoms with Crippen LogP contribution in [0.25, 0.3) is 0 Å². The summed E-state index contributed by atoms with van der Waals surface area (Å²) < 4.78 is 5.02. The SMILES string of the molecule is Cc1ccc(C(=O)COC(=O)CN2C(=O)N[C@@]3(CCCc4ccccc43)C2=O)s1. The lowest BCUT2D eigenvalue weighted by Crippen LogP contribution is -2.46. The van der Waals surface area contributed by atoms with Gasteiger partial charge in [-0.2, -0.15) is 0 Å². The zero-order valence-electron chi connectivity index (χ0n) is 15.9. The van der Waals surface area contributed by atoms with Crippen molar-refractivity contribution in [2.45, 2.75) is 31.7 Å². The van der Waals surface area contributed by atoms with E-state index in [0.29, 0.717) is 11.3 Å². The highest BCUT2D eigenvalue weighted by atomic mass is 32.1. The summed E-state index contributed by atoms with van der Waals surface area (Å²) in [7, 11) is 0. The van der Waals surface area contributed by atoms with Crippen molar-refractivity contribution in [3.05, 3.63) is 57.3 Å². The lowest BCUT2D eigenvalue weighted by Gasteiger charge is -2.33. The summed E-state index contributed by atoms with van der Waals surface area (Å²) in [5.41, 5.74) is 0.675. The summed E-state index contributed by atoms with van der Waals surface area (Å²) in [4.78, 5) is 52.3. The van der Waals surface area contributed by atoms with Gasteiger partial charge in [0.2, 0.25) is 5.78 Å². The molecule has 2 aliphatic rings. The van der Waals surface area contributed by atoms with Crippen LogP contribution in [0.2, 0.25) is 0 Å². The fourth-order valence-corrected chi connectivity index (χ4v) is 4.72. The highest BCUT2D eigenvalue weighted by Gasteiger charge is 2.54. The topological polar surface area (TPSA) is 92.8 Å². The molecular formula is C21H20N2O5S. The number of esters is 1. The number of nitrogens with zero attached hydrogens (tertiary/aromatic N) is 1. The summed E-state index contributed by atoms with van der Waals surface area (Å²) in [5.74, 6) is -1.56. The van der Waals surface area contributed by atoms with Crippen LogP contribution in [-0.4, -0.2) is 41.7 Å². The number of aryl methyl sites for hydroxylation is 2. The third-order valence-electron chi connectivity index (χ3n) is 5.32. The van der Waals surface area contributed by atoms with Gasteiger partial charge in [0.05, 0.1) is 4.88 Å². The van der Waals surface area contributed by atoms with Gasteiger partial charge in [0.25, 0.3) is 5.91 Å². The zero-order valence-corrected chi connectivity index (χ0v) is 16.7. The number of ketones is 1. The maximum Gasteiger partial charge on any atom is 0.326 e. The normalized spacial score (nSPS) is 20.5. The summed E-state index contributed by atoms with van der Waals surface area (Å²) in [6, 6.07) is 10.4. The largest absolute Gasteiger partial charge is 0.456 e. The minimum Gasteiger partial charge on any atom is -0.456 e. The molecular weight excluding hydrogens is 392 g/mol. The average molecular weight is 412 g/mol. The van der Waals surface area contributed by atoms with Gasteiger partial charge in [0.15, 0.2) is 6.61 Å². The number of urea groups is 1. The second kappa shape index (κ2) is 7.44. The molecule has 1 spiro atoms. The van der Waals surface area contributed by atoms with Crippen molar-refractivity contribution in [1.82, 2.24) is 10.2 Å². The molecule has 8 heteroatoms. The van der Waals surface area contributed by atoms with Gasteiger partial charge in [0, 0.05) is 4.88 Å². The van der Waals surface area contributed by atoms with Gasteiger partial charge >= 0.3 is 12.0 Å². The molecule has 0 saturated carbocycles. The number of fused-ring (bicyclic) bond motifs is 2. The van der Waals surface area contributed by atoms with Gasteiger partial charge in [-0.3, -0.25) is 19.3 Å². The van der Waals surface area contributed by atoms with Gasteiger partial charge in [-0.25, -0.2) is 4.79 Å². The van der Waals surface area contributed by atoms with Gasteiger partial charge in [-0.05, 0) is 49.4 Å². The maximum atomic E-state index is 13.1. The highest BCUT2D eigenvalue weighted by molar-refractivity contribution is 7.14. The number of hydrogen-bond donors (Lipinski definition) is 1. The number of Topliss-reactive ketones (excluding diaryl/α,β-unsaturated/α-hetero) is 1. The Labute approximate surface area is 171 Å². The minimum atomic E-state index is -1.13. The fourth-order valence-electron chi connectivity index (χ4n) is 3.93. The smallest absolute Gasteiger partial charge is 0.326 e. The molecule has 0 radical (unpaired) electrons. The number of carbonyl (C=O) groups is 4. The van der Waals surface area contributed by atoms with E-state index in [0.717, 1.165) is 33.7 Å². The summed E-state index contributed by atoms with van der Waals surface area (Å²) in [6.07, 6.45) is 2.08. The molecule has 2 heterocycles. The van der Waals surface area contributed by atoms with Crippen molar-refractivity contribution < 1.29 is 23.9 Å². The van der Waals surface area contributed by atoms with Crippen LogP contribution >= 0.6 is 11.3 Å². The lowest BCUT2D eigenvalue weighted by molar-refractivity contribution is -0.147. The van der Waals surface area contributed by atoms with Gasteiger partial charge in [0.1, 0.15) is 12.1 Å². The molecule has 3 amide bonds. The predicted molar refractivity (Wildman–Crippen MR) is 106 cm³/mol. The van der Waals surface area contributed by atoms with E-state index >= 15 is 0 Å². The van der Waals surface area contributed by atoms with Crippen molar-refractivity contribution in [3.8, 4) is 0 Å².